The number of aliphatic hydroxyl groups excluding tert-OH is 2. The van der Waals surface area contributed by atoms with Crippen LogP contribution in [0.3, 0.4) is 0 Å². The van der Waals surface area contributed by atoms with Crippen LogP contribution in [0.1, 0.15) is 58.1 Å². The van der Waals surface area contributed by atoms with Crippen molar-refractivity contribution in [1.82, 2.24) is 10.2 Å². The molecule has 0 bridgehead atoms. The molecule has 11 nitrogen and oxygen atoms in total. The van der Waals surface area contributed by atoms with E-state index in [-0.39, 0.29) is 46.8 Å². The van der Waals surface area contributed by atoms with E-state index in [9.17, 15) is 34.8 Å². The summed E-state index contributed by atoms with van der Waals surface area (Å²) in [5.74, 6) is -6.54. The molecular formula is C30H40N4O7. The number of primary amides is 1. The number of phenols is 1. The van der Waals surface area contributed by atoms with Gasteiger partial charge in [-0.15, -0.1) is 0 Å². The molecular weight excluding hydrogens is 528 g/mol. The van der Waals surface area contributed by atoms with Crippen LogP contribution in [0.4, 0.5) is 5.69 Å². The number of nitrogens with two attached hydrogens (primary N) is 1. The van der Waals surface area contributed by atoms with Gasteiger partial charge in [-0.25, -0.2) is 0 Å². The zero-order valence-electron chi connectivity index (χ0n) is 24.3. The molecule has 0 aromatic heterocycles. The zero-order chi connectivity index (χ0) is 30.4. The Balaban J connectivity index is 1.58. The van der Waals surface area contributed by atoms with Gasteiger partial charge in [-0.1, -0.05) is 6.07 Å². The minimum Gasteiger partial charge on any atom is -0.508 e. The molecule has 5 rings (SSSR count). The van der Waals surface area contributed by atoms with Crippen molar-refractivity contribution in [2.75, 3.05) is 19.4 Å². The average molecular weight is 569 g/mol. The van der Waals surface area contributed by atoms with Crippen molar-refractivity contribution >= 4 is 28.9 Å². The van der Waals surface area contributed by atoms with E-state index < -0.39 is 58.0 Å². The highest BCUT2D eigenvalue weighted by Gasteiger charge is 2.64. The number of aliphatic hydroxyl groups is 3. The Bertz CT molecular complexity index is 1410. The van der Waals surface area contributed by atoms with Crippen LogP contribution in [0.25, 0.3) is 5.76 Å². The molecule has 3 aliphatic carbocycles. The fourth-order valence-electron chi connectivity index (χ4n) is 7.98. The van der Waals surface area contributed by atoms with Crippen LogP contribution in [0.15, 0.2) is 29.0 Å². The second-order valence-corrected chi connectivity index (χ2v) is 13.6. The molecule has 2 fully saturated rings. The lowest BCUT2D eigenvalue weighted by Gasteiger charge is -2.50. The number of hydrogen-bond acceptors (Lipinski definition) is 10. The first-order valence-corrected chi connectivity index (χ1v) is 13.9. The highest BCUT2D eigenvalue weighted by atomic mass is 16.3. The summed E-state index contributed by atoms with van der Waals surface area (Å²) in [5.41, 5.74) is 2.56. The smallest absolute Gasteiger partial charge is 0.255 e. The number of piperidine rings is 1. The molecule has 4 aliphatic rings. The number of aromatic hydroxyl groups is 1. The molecule has 222 valence electrons. The number of fused-ring (bicyclic) bond motifs is 3. The molecule has 0 spiro atoms. The highest BCUT2D eigenvalue weighted by molar-refractivity contribution is 6.24. The maximum Gasteiger partial charge on any atom is 0.255 e. The number of carbonyl (C=O) groups is 3. The van der Waals surface area contributed by atoms with Gasteiger partial charge in [0, 0.05) is 28.6 Å². The third-order valence-corrected chi connectivity index (χ3v) is 9.14. The number of nitrogens with zero attached hydrogens (tertiary/aromatic N) is 1. The van der Waals surface area contributed by atoms with E-state index in [1.165, 1.54) is 4.90 Å². The summed E-state index contributed by atoms with van der Waals surface area (Å²) in [7, 11) is 3.15. The van der Waals surface area contributed by atoms with Crippen LogP contribution < -0.4 is 16.4 Å². The number of amides is 1. The van der Waals surface area contributed by atoms with Gasteiger partial charge in [-0.2, -0.15) is 0 Å². The van der Waals surface area contributed by atoms with Gasteiger partial charge in [0.2, 0.25) is 5.78 Å². The van der Waals surface area contributed by atoms with Crippen molar-refractivity contribution in [2.45, 2.75) is 82.1 Å². The lowest BCUT2D eigenvalue weighted by molar-refractivity contribution is -0.153. The topological polar surface area (TPSA) is 185 Å². The van der Waals surface area contributed by atoms with Gasteiger partial charge in [0.15, 0.2) is 11.4 Å². The number of carbonyl (C=O) groups excluding carboxylic acids is 3. The third-order valence-electron chi connectivity index (χ3n) is 9.14. The van der Waals surface area contributed by atoms with Gasteiger partial charge in [-0.05, 0) is 85.0 Å². The van der Waals surface area contributed by atoms with Gasteiger partial charge in [0.25, 0.3) is 5.91 Å². The van der Waals surface area contributed by atoms with Crippen molar-refractivity contribution < 1.29 is 34.8 Å². The number of benzene rings is 1. The molecule has 1 aromatic carbocycles. The van der Waals surface area contributed by atoms with E-state index in [4.69, 9.17) is 5.73 Å². The first kappa shape index (κ1) is 29.1. The minimum atomic E-state index is -2.65. The van der Waals surface area contributed by atoms with Crippen LogP contribution in [0, 0.1) is 11.8 Å². The number of nitrogens with one attached hydrogen (secondary N) is 2. The summed E-state index contributed by atoms with van der Waals surface area (Å²) >= 11 is 0. The Hall–Kier alpha value is -3.41. The van der Waals surface area contributed by atoms with E-state index in [0.29, 0.717) is 11.3 Å². The summed E-state index contributed by atoms with van der Waals surface area (Å²) in [5, 5.41) is 52.6. The molecule has 1 aromatic rings. The summed E-state index contributed by atoms with van der Waals surface area (Å²) in [6.45, 7) is 8.47. The molecule has 0 radical (unpaired) electrons. The van der Waals surface area contributed by atoms with Crippen molar-refractivity contribution in [3.63, 3.8) is 0 Å². The van der Waals surface area contributed by atoms with Crippen LogP contribution in [0.5, 0.6) is 5.75 Å². The lowest BCUT2D eigenvalue weighted by atomic mass is 9.57. The predicted octanol–water partition coefficient (Wildman–Crippen LogP) is 1.69. The quantitative estimate of drug-likeness (QED) is 0.208. The number of ketones is 2. The first-order chi connectivity index (χ1) is 18.9. The highest BCUT2D eigenvalue weighted by Crippen LogP contribution is 2.53. The molecule has 41 heavy (non-hydrogen) atoms. The number of anilines is 1. The number of rotatable bonds is 4. The molecule has 1 aliphatic heterocycles. The predicted molar refractivity (Wildman–Crippen MR) is 152 cm³/mol. The Morgan fingerprint density at radius 1 is 1.07 bits per heavy atom. The van der Waals surface area contributed by atoms with Gasteiger partial charge >= 0.3 is 0 Å². The molecule has 8 N–H and O–H groups in total. The van der Waals surface area contributed by atoms with Crippen molar-refractivity contribution in [3.05, 3.63) is 40.2 Å². The summed E-state index contributed by atoms with van der Waals surface area (Å²) in [4.78, 5) is 40.8. The first-order valence-electron chi connectivity index (χ1n) is 13.9. The second-order valence-electron chi connectivity index (χ2n) is 13.6. The molecule has 1 saturated heterocycles. The molecule has 1 heterocycles. The Kier molecular flexibility index (Phi) is 6.60. The Morgan fingerprint density at radius 3 is 2.24 bits per heavy atom. The molecule has 11 heteroatoms. The fourth-order valence-corrected chi connectivity index (χ4v) is 7.98. The van der Waals surface area contributed by atoms with Gasteiger partial charge in [0.05, 0.1) is 17.3 Å². The summed E-state index contributed by atoms with van der Waals surface area (Å²) < 4.78 is 0. The standard InChI is InChI=1S/C30H40N4O7/c1-28(2)11-15(12-29(3,4)33-28)32-17-8-7-13-9-14-10-16-21(34(5)6)24(37)20(27(31)40)26(39)30(16,41)25(38)19(14)23(36)18(13)22(17)35/h7-8,14-16,21,32-33,35-36,39,41H,9-12H2,1-6H3,(H2,31,40)/t14-,16+,21+,30+/m1/s1. The van der Waals surface area contributed by atoms with Crippen LogP contribution >= 0.6 is 0 Å². The minimum absolute atomic E-state index is 0.0196. The Morgan fingerprint density at radius 2 is 1.68 bits per heavy atom. The monoisotopic (exact) mass is 568 g/mol. The number of hydrogen-bond donors (Lipinski definition) is 7. The van der Waals surface area contributed by atoms with Gasteiger partial charge in [0.1, 0.15) is 22.8 Å². The van der Waals surface area contributed by atoms with E-state index in [2.05, 4.69) is 38.3 Å². The number of phenolic OH excluding ortho intramolecular Hbond substituents is 1. The van der Waals surface area contributed by atoms with E-state index in [1.54, 1.807) is 26.2 Å². The lowest BCUT2D eigenvalue weighted by Crippen LogP contribution is -2.65. The number of likely N-dealkylation sites (N-methyl/N-ethyl adjacent to an activating group) is 1. The molecule has 1 amide bonds. The van der Waals surface area contributed by atoms with Gasteiger partial charge in [-0.3, -0.25) is 19.3 Å². The third kappa shape index (κ3) is 4.41. The van der Waals surface area contributed by atoms with Crippen molar-refractivity contribution in [1.29, 1.82) is 0 Å². The van der Waals surface area contributed by atoms with Crippen molar-refractivity contribution in [2.24, 2.45) is 17.6 Å². The maximum atomic E-state index is 14.0. The average Bonchev–Trinajstić information content (AvgIpc) is 2.80. The van der Waals surface area contributed by atoms with Crippen LogP contribution in [-0.4, -0.2) is 85.7 Å². The fraction of sp³-hybridized carbons (Fsp3) is 0.567. The largest absolute Gasteiger partial charge is 0.508 e. The second kappa shape index (κ2) is 9.30. The summed E-state index contributed by atoms with van der Waals surface area (Å²) in [6, 6.07) is 2.47. The zero-order valence-corrected chi connectivity index (χ0v) is 24.3. The summed E-state index contributed by atoms with van der Waals surface area (Å²) in [6.07, 6.45) is 1.89. The maximum absolute atomic E-state index is 14.0. The molecule has 0 unspecified atom stereocenters. The van der Waals surface area contributed by atoms with E-state index in [0.717, 1.165) is 12.8 Å². The van der Waals surface area contributed by atoms with Gasteiger partial charge < -0.3 is 36.8 Å². The van der Waals surface area contributed by atoms with Crippen LogP contribution in [-0.2, 0) is 20.8 Å². The van der Waals surface area contributed by atoms with Crippen LogP contribution in [0.2, 0.25) is 0 Å². The number of Topliss-reactive ketones (excluding diaryl/α,β-unsaturated/α-hetero) is 2. The molecule has 1 saturated carbocycles. The van der Waals surface area contributed by atoms with Crippen molar-refractivity contribution in [3.8, 4) is 5.75 Å². The molecule has 4 atom stereocenters. The normalized spacial score (nSPS) is 31.1. The van der Waals surface area contributed by atoms with E-state index in [1.807, 2.05) is 0 Å². The van der Waals surface area contributed by atoms with E-state index >= 15 is 0 Å². The SMILES string of the molecule is CN(C)[C@@H]1C(=O)C(C(N)=O)=C(O)[C@@]2(O)C(=O)C3=C(O)c4c(ccc(NC5CC(C)(C)NC(C)(C)C5)c4O)C[C@@H]3C[C@@H]12. The Labute approximate surface area is 239 Å².